The summed E-state index contributed by atoms with van der Waals surface area (Å²) in [6.45, 7) is 4.89. The normalized spacial score (nSPS) is 17.5. The number of nitrogens with zero attached hydrogens (tertiary/aromatic N) is 2. The first-order chi connectivity index (χ1) is 10.5. The molecule has 0 atom stereocenters. The Morgan fingerprint density at radius 2 is 2.17 bits per heavy atom. The molecule has 5 nitrogen and oxygen atoms in total. The van der Waals surface area contributed by atoms with E-state index in [1.807, 2.05) is 13.8 Å². The molecule has 124 valence electrons. The second kappa shape index (κ2) is 8.96. The molecule has 1 aliphatic rings. The van der Waals surface area contributed by atoms with Crippen LogP contribution in [0, 0.1) is 0 Å². The van der Waals surface area contributed by atoms with Crippen LogP contribution in [0.3, 0.4) is 0 Å². The maximum Gasteiger partial charge on any atom is 0.266 e. The van der Waals surface area contributed by atoms with Crippen molar-refractivity contribution < 1.29 is 9.59 Å². The largest absolute Gasteiger partial charge is 0.322 e. The molecular formula is C15H17Cl2N3O2S. The number of hydrogen-bond acceptors (Lipinski definition) is 4. The van der Waals surface area contributed by atoms with E-state index in [1.54, 1.807) is 29.2 Å². The number of benzene rings is 1. The maximum atomic E-state index is 12.2. The number of amidine groups is 1. The van der Waals surface area contributed by atoms with Crippen molar-refractivity contribution in [1.29, 1.82) is 0 Å². The van der Waals surface area contributed by atoms with Crippen LogP contribution in [0.25, 0.3) is 0 Å². The number of amides is 2. The van der Waals surface area contributed by atoms with Crippen LogP contribution in [0.5, 0.6) is 0 Å². The van der Waals surface area contributed by atoms with Gasteiger partial charge in [0.15, 0.2) is 5.17 Å². The molecule has 2 amide bonds. The summed E-state index contributed by atoms with van der Waals surface area (Å²) in [4.78, 5) is 30.5. The van der Waals surface area contributed by atoms with Crippen LogP contribution in [-0.2, 0) is 9.59 Å². The molecule has 0 bridgehead atoms. The molecule has 1 heterocycles. The highest BCUT2D eigenvalue weighted by Gasteiger charge is 2.32. The average Bonchev–Trinajstić information content (AvgIpc) is 2.75. The summed E-state index contributed by atoms with van der Waals surface area (Å²) in [6.07, 6.45) is 1.30. The molecule has 0 aromatic heterocycles. The van der Waals surface area contributed by atoms with Gasteiger partial charge < -0.3 is 5.32 Å². The monoisotopic (exact) mass is 373 g/mol. The Hall–Kier alpha value is -1.50. The number of carbonyl (C=O) groups excluding carboxylic acids is 2. The fourth-order valence-electron chi connectivity index (χ4n) is 1.90. The number of anilines is 1. The third-order valence-electron chi connectivity index (χ3n) is 2.85. The van der Waals surface area contributed by atoms with Gasteiger partial charge in [0.1, 0.15) is 0 Å². The van der Waals surface area contributed by atoms with Crippen LogP contribution in [0.15, 0.2) is 40.2 Å². The molecule has 1 fully saturated rings. The Balaban J connectivity index is 0.00000264. The van der Waals surface area contributed by atoms with E-state index in [4.69, 9.17) is 11.6 Å². The number of halogens is 2. The number of hydrogen-bond donors (Lipinski definition) is 1. The fraction of sp³-hybridized carbons (Fsp3) is 0.267. The zero-order chi connectivity index (χ0) is 16.1. The number of aliphatic imine (C=N–C) groups is 1. The summed E-state index contributed by atoms with van der Waals surface area (Å²) in [5, 5.41) is 3.86. The summed E-state index contributed by atoms with van der Waals surface area (Å²) in [6, 6.07) is 6.84. The van der Waals surface area contributed by atoms with Crippen molar-refractivity contribution in [3.05, 3.63) is 40.3 Å². The molecule has 0 aliphatic carbocycles. The molecule has 1 N–H and O–H groups in total. The molecular weight excluding hydrogens is 357 g/mol. The standard InChI is InChI=1S/C15H16ClN3O2S.ClH/c1-3-17-15-19(4-2)14(21)12(22-15)9-13(20)18-11-7-5-6-10(16)8-11;/h5-9H,3-4H2,1-2H3,(H,18,20);1H. The van der Waals surface area contributed by atoms with Gasteiger partial charge in [-0.2, -0.15) is 0 Å². The summed E-state index contributed by atoms with van der Waals surface area (Å²) >= 11 is 7.08. The molecule has 1 aromatic carbocycles. The van der Waals surface area contributed by atoms with Crippen molar-refractivity contribution in [3.63, 3.8) is 0 Å². The van der Waals surface area contributed by atoms with Crippen LogP contribution in [0.2, 0.25) is 5.02 Å². The second-order valence-electron chi connectivity index (χ2n) is 4.42. The molecule has 0 unspecified atom stereocenters. The average molecular weight is 374 g/mol. The summed E-state index contributed by atoms with van der Waals surface area (Å²) in [5.74, 6) is -0.562. The number of rotatable bonds is 4. The van der Waals surface area contributed by atoms with Gasteiger partial charge in [-0.1, -0.05) is 17.7 Å². The number of thioether (sulfide) groups is 1. The van der Waals surface area contributed by atoms with E-state index in [9.17, 15) is 9.59 Å². The minimum absolute atomic E-state index is 0. The van der Waals surface area contributed by atoms with Crippen LogP contribution in [0.1, 0.15) is 13.8 Å². The van der Waals surface area contributed by atoms with Crippen molar-refractivity contribution in [2.75, 3.05) is 18.4 Å². The fourth-order valence-corrected chi connectivity index (χ4v) is 3.17. The molecule has 1 aromatic rings. The Morgan fingerprint density at radius 3 is 2.78 bits per heavy atom. The SMILES string of the molecule is CCN=C1SC(=CC(=O)Nc2cccc(Cl)c2)C(=O)N1CC.Cl. The van der Waals surface area contributed by atoms with E-state index in [0.29, 0.717) is 33.9 Å². The van der Waals surface area contributed by atoms with Gasteiger partial charge in [-0.05, 0) is 43.8 Å². The van der Waals surface area contributed by atoms with Gasteiger partial charge in [0.25, 0.3) is 5.91 Å². The second-order valence-corrected chi connectivity index (χ2v) is 5.86. The van der Waals surface area contributed by atoms with E-state index in [-0.39, 0.29) is 24.2 Å². The van der Waals surface area contributed by atoms with Gasteiger partial charge in [0.05, 0.1) is 4.91 Å². The number of likely N-dealkylation sites (N-methyl/N-ethyl adjacent to an activating group) is 1. The van der Waals surface area contributed by atoms with Crippen LogP contribution < -0.4 is 5.32 Å². The van der Waals surface area contributed by atoms with Crippen molar-refractivity contribution in [1.82, 2.24) is 4.90 Å². The van der Waals surface area contributed by atoms with Gasteiger partial charge in [-0.3, -0.25) is 19.5 Å². The third-order valence-corrected chi connectivity index (χ3v) is 4.13. The third kappa shape index (κ3) is 4.99. The predicted octanol–water partition coefficient (Wildman–Crippen LogP) is 3.56. The van der Waals surface area contributed by atoms with Gasteiger partial charge in [0, 0.05) is 29.9 Å². The lowest BCUT2D eigenvalue weighted by molar-refractivity contribution is -0.122. The molecule has 0 radical (unpaired) electrons. The minimum Gasteiger partial charge on any atom is -0.322 e. The molecule has 2 rings (SSSR count). The van der Waals surface area contributed by atoms with Crippen molar-refractivity contribution in [2.24, 2.45) is 4.99 Å². The minimum atomic E-state index is -0.369. The molecule has 1 saturated heterocycles. The Kier molecular flexibility index (Phi) is 7.61. The van der Waals surface area contributed by atoms with Crippen molar-refractivity contribution in [2.45, 2.75) is 13.8 Å². The first kappa shape index (κ1) is 19.5. The van der Waals surface area contributed by atoms with Gasteiger partial charge in [0.2, 0.25) is 5.91 Å². The summed E-state index contributed by atoms with van der Waals surface area (Å²) in [5.41, 5.74) is 0.583. The van der Waals surface area contributed by atoms with E-state index >= 15 is 0 Å². The van der Waals surface area contributed by atoms with E-state index in [1.165, 1.54) is 17.8 Å². The van der Waals surface area contributed by atoms with Crippen LogP contribution >= 0.6 is 35.8 Å². The highest BCUT2D eigenvalue weighted by atomic mass is 35.5. The topological polar surface area (TPSA) is 61.8 Å². The zero-order valence-electron chi connectivity index (χ0n) is 12.7. The maximum absolute atomic E-state index is 12.2. The molecule has 1 aliphatic heterocycles. The smallest absolute Gasteiger partial charge is 0.266 e. The van der Waals surface area contributed by atoms with E-state index in [0.717, 1.165) is 0 Å². The highest BCUT2D eigenvalue weighted by molar-refractivity contribution is 8.18. The molecule has 23 heavy (non-hydrogen) atoms. The Labute approximate surface area is 150 Å². The van der Waals surface area contributed by atoms with Gasteiger partial charge in [-0.25, -0.2) is 0 Å². The lowest BCUT2D eigenvalue weighted by Gasteiger charge is -2.11. The summed E-state index contributed by atoms with van der Waals surface area (Å²) < 4.78 is 0. The first-order valence-corrected chi connectivity index (χ1v) is 8.07. The Bertz CT molecular complexity index is 662. The zero-order valence-corrected chi connectivity index (χ0v) is 15.1. The number of carbonyl (C=O) groups is 2. The van der Waals surface area contributed by atoms with Gasteiger partial charge >= 0.3 is 0 Å². The lowest BCUT2D eigenvalue weighted by Crippen LogP contribution is -2.29. The summed E-state index contributed by atoms with van der Waals surface area (Å²) in [7, 11) is 0. The molecule has 8 heteroatoms. The van der Waals surface area contributed by atoms with Crippen molar-refractivity contribution >= 4 is 58.4 Å². The van der Waals surface area contributed by atoms with E-state index < -0.39 is 0 Å². The lowest BCUT2D eigenvalue weighted by atomic mass is 10.3. The van der Waals surface area contributed by atoms with Crippen LogP contribution in [-0.4, -0.2) is 35.0 Å². The van der Waals surface area contributed by atoms with E-state index in [2.05, 4.69) is 10.3 Å². The molecule has 0 spiro atoms. The highest BCUT2D eigenvalue weighted by Crippen LogP contribution is 2.30. The quantitative estimate of drug-likeness (QED) is 0.820. The predicted molar refractivity (Wildman–Crippen MR) is 98.4 cm³/mol. The first-order valence-electron chi connectivity index (χ1n) is 6.87. The van der Waals surface area contributed by atoms with Crippen molar-refractivity contribution in [3.8, 4) is 0 Å². The molecule has 0 saturated carbocycles. The van der Waals surface area contributed by atoms with Gasteiger partial charge in [-0.15, -0.1) is 12.4 Å². The Morgan fingerprint density at radius 1 is 1.43 bits per heavy atom. The van der Waals surface area contributed by atoms with Crippen LogP contribution in [0.4, 0.5) is 5.69 Å². The number of nitrogens with one attached hydrogen (secondary N) is 1.